The third kappa shape index (κ3) is 9.46. The Kier molecular flexibility index (Phi) is 12.1. The van der Waals surface area contributed by atoms with Crippen molar-refractivity contribution in [3.05, 3.63) is 139 Å². The van der Waals surface area contributed by atoms with Gasteiger partial charge in [-0.15, -0.1) is 5.10 Å². The second-order valence-corrected chi connectivity index (χ2v) is 8.40. The Morgan fingerprint density at radius 2 is 0.977 bits per heavy atom. The van der Waals surface area contributed by atoms with Gasteiger partial charge in [0, 0.05) is 41.9 Å². The number of nitrogens with one attached hydrogen (secondary N) is 1. The molecule has 224 valence electrons. The second-order valence-electron chi connectivity index (χ2n) is 8.40. The van der Waals surface area contributed by atoms with E-state index in [4.69, 9.17) is 0 Å². The molecule has 44 heavy (non-hydrogen) atoms. The van der Waals surface area contributed by atoms with Crippen molar-refractivity contribution in [3.63, 3.8) is 0 Å². The topological polar surface area (TPSA) is 80.2 Å². The summed E-state index contributed by atoms with van der Waals surface area (Å²) in [7, 11) is 0. The fourth-order valence-corrected chi connectivity index (χ4v) is 3.44. The van der Waals surface area contributed by atoms with Crippen LogP contribution in [0.3, 0.4) is 0 Å². The number of rotatable bonds is 3. The van der Waals surface area contributed by atoms with Crippen molar-refractivity contribution in [2.24, 2.45) is 0 Å². The van der Waals surface area contributed by atoms with Crippen molar-refractivity contribution in [1.29, 1.82) is 0 Å². The molecule has 6 rings (SSSR count). The number of hydrogen-bond donors (Lipinski definition) is 1. The molecule has 6 aromatic rings. The molecular formula is C30H22F7InN6. The Bertz CT molecular complexity index is 1670. The van der Waals surface area contributed by atoms with E-state index >= 15 is 0 Å². The van der Waals surface area contributed by atoms with E-state index in [0.29, 0.717) is 28.2 Å². The molecule has 14 heteroatoms. The summed E-state index contributed by atoms with van der Waals surface area (Å²) in [5, 5.41) is 5.25. The number of H-pyrrole nitrogens is 1. The van der Waals surface area contributed by atoms with E-state index in [1.165, 1.54) is 30.5 Å². The first-order valence-corrected chi connectivity index (χ1v) is 12.3. The first-order chi connectivity index (χ1) is 20.6. The van der Waals surface area contributed by atoms with Crippen molar-refractivity contribution in [3.8, 4) is 34.0 Å². The normalized spacial score (nSPS) is 10.4. The minimum absolute atomic E-state index is 0. The quantitative estimate of drug-likeness (QED) is 0.205. The Morgan fingerprint density at radius 3 is 1.32 bits per heavy atom. The average Bonchev–Trinajstić information content (AvgIpc) is 3.51. The fourth-order valence-electron chi connectivity index (χ4n) is 3.44. The van der Waals surface area contributed by atoms with Gasteiger partial charge in [0.2, 0.25) is 0 Å². The van der Waals surface area contributed by atoms with Gasteiger partial charge in [-0.3, -0.25) is 20.1 Å². The number of nitrogens with zero attached hydrogens (tertiary/aromatic N) is 5. The average molecular weight is 714 g/mol. The molecule has 0 saturated carbocycles. The van der Waals surface area contributed by atoms with Gasteiger partial charge in [-0.2, -0.15) is 13.2 Å². The number of hydrogen-bond acceptors (Lipinski definition) is 5. The van der Waals surface area contributed by atoms with E-state index in [-0.39, 0.29) is 31.7 Å². The van der Waals surface area contributed by atoms with Gasteiger partial charge in [0.25, 0.3) is 5.82 Å². The van der Waals surface area contributed by atoms with Crippen LogP contribution in [0.25, 0.3) is 34.0 Å². The number of benzene rings is 2. The van der Waals surface area contributed by atoms with Crippen LogP contribution in [-0.4, -0.2) is 56.0 Å². The summed E-state index contributed by atoms with van der Waals surface area (Å²) in [4.78, 5) is 15.1. The van der Waals surface area contributed by atoms with Crippen LogP contribution < -0.4 is 0 Å². The van der Waals surface area contributed by atoms with E-state index in [1.54, 1.807) is 67.0 Å². The van der Waals surface area contributed by atoms with Gasteiger partial charge in [-0.05, 0) is 60.7 Å². The standard InChI is InChI=1S/2C11H7F2N.C8H5F3N4.In.3H/c2*12-8-4-5-9(10(13)7-8)11-3-1-2-6-14-11;9-8(10,11)7-13-6(14-15-7)5-3-1-2-4-12-5;;;;/h2*1-7H;1-4H,(H,13,14,15);;;;. The molecule has 0 aliphatic carbocycles. The first kappa shape index (κ1) is 33.9. The van der Waals surface area contributed by atoms with Crippen LogP contribution in [0.5, 0.6) is 0 Å². The molecule has 0 saturated heterocycles. The van der Waals surface area contributed by atoms with Gasteiger partial charge < -0.3 is 0 Å². The summed E-state index contributed by atoms with van der Waals surface area (Å²) in [6.07, 6.45) is 0.0604. The predicted octanol–water partition coefficient (Wildman–Crippen LogP) is 6.76. The van der Waals surface area contributed by atoms with Crippen molar-refractivity contribution < 1.29 is 30.7 Å². The van der Waals surface area contributed by atoms with Crippen LogP contribution in [0.1, 0.15) is 5.82 Å². The third-order valence-corrected chi connectivity index (χ3v) is 5.39. The van der Waals surface area contributed by atoms with Gasteiger partial charge in [-0.25, -0.2) is 22.5 Å². The molecule has 4 heterocycles. The third-order valence-electron chi connectivity index (χ3n) is 5.39. The maximum atomic E-state index is 13.3. The van der Waals surface area contributed by atoms with Gasteiger partial charge in [0.15, 0.2) is 5.82 Å². The van der Waals surface area contributed by atoms with Crippen molar-refractivity contribution in [2.45, 2.75) is 6.18 Å². The van der Waals surface area contributed by atoms with Crippen molar-refractivity contribution in [2.75, 3.05) is 0 Å². The van der Waals surface area contributed by atoms with Crippen LogP contribution in [0, 0.1) is 23.3 Å². The van der Waals surface area contributed by atoms with Crippen LogP contribution in [0.4, 0.5) is 30.7 Å². The Balaban J connectivity index is 0.000000178. The van der Waals surface area contributed by atoms with E-state index in [0.717, 1.165) is 12.1 Å². The first-order valence-electron chi connectivity index (χ1n) is 12.3. The fraction of sp³-hybridized carbons (Fsp3) is 0.0333. The van der Waals surface area contributed by atoms with Crippen LogP contribution in [0.2, 0.25) is 0 Å². The molecule has 0 aliphatic heterocycles. The summed E-state index contributed by atoms with van der Waals surface area (Å²) >= 11 is 0. The summed E-state index contributed by atoms with van der Waals surface area (Å²) < 4.78 is 88.2. The van der Waals surface area contributed by atoms with Gasteiger partial charge in [-0.1, -0.05) is 18.2 Å². The molecule has 0 unspecified atom stereocenters. The summed E-state index contributed by atoms with van der Waals surface area (Å²) in [6.45, 7) is 0. The van der Waals surface area contributed by atoms with E-state index in [9.17, 15) is 30.7 Å². The SMILES string of the molecule is FC(F)(F)c1n[nH]c(-c2ccccn2)n1.Fc1ccc(-c2ccccn2)c(F)c1.Fc1ccc(-c2ccccn2)c(F)c1.[InH3]. The molecule has 6 nitrogen and oxygen atoms in total. The van der Waals surface area contributed by atoms with Gasteiger partial charge >= 0.3 is 32.0 Å². The molecule has 4 aromatic heterocycles. The zero-order valence-corrected chi connectivity index (χ0v) is 21.8. The summed E-state index contributed by atoms with van der Waals surface area (Å²) in [5.41, 5.74) is 1.95. The molecular weight excluding hydrogens is 692 g/mol. The molecule has 2 aromatic carbocycles. The molecule has 0 fully saturated rings. The molecule has 0 aliphatic rings. The van der Waals surface area contributed by atoms with Gasteiger partial charge in [0.05, 0.1) is 11.4 Å². The molecule has 0 amide bonds. The zero-order chi connectivity index (χ0) is 30.8. The predicted molar refractivity (Wildman–Crippen MR) is 154 cm³/mol. The van der Waals surface area contributed by atoms with E-state index in [1.807, 2.05) is 0 Å². The van der Waals surface area contributed by atoms with Gasteiger partial charge in [0.1, 0.15) is 29.0 Å². The Labute approximate surface area is 264 Å². The monoisotopic (exact) mass is 714 g/mol. The van der Waals surface area contributed by atoms with Crippen molar-refractivity contribution >= 4 is 25.8 Å². The van der Waals surface area contributed by atoms with Crippen LogP contribution in [-0.2, 0) is 6.18 Å². The summed E-state index contributed by atoms with van der Waals surface area (Å²) in [6, 6.07) is 22.1. The maximum absolute atomic E-state index is 13.3. The Morgan fingerprint density at radius 1 is 0.545 bits per heavy atom. The minimum atomic E-state index is -4.54. The molecule has 0 atom stereocenters. The van der Waals surface area contributed by atoms with E-state index in [2.05, 4.69) is 30.1 Å². The van der Waals surface area contributed by atoms with E-state index < -0.39 is 35.3 Å². The molecule has 0 radical (unpaired) electrons. The molecule has 0 bridgehead atoms. The zero-order valence-electron chi connectivity index (χ0n) is 21.8. The second kappa shape index (κ2) is 15.8. The number of aromatic amines is 1. The molecule has 1 N–H and O–H groups in total. The summed E-state index contributed by atoms with van der Waals surface area (Å²) in [5.74, 6) is -3.54. The Hall–Kier alpha value is -4.59. The van der Waals surface area contributed by atoms with Crippen LogP contribution in [0.15, 0.2) is 110 Å². The van der Waals surface area contributed by atoms with Crippen molar-refractivity contribution in [1.82, 2.24) is 30.1 Å². The molecule has 0 spiro atoms. The number of halogens is 7. The van der Waals surface area contributed by atoms with Crippen LogP contribution >= 0.6 is 0 Å². The number of aromatic nitrogens is 6. The number of pyridine rings is 3. The number of alkyl halides is 3.